The number of rotatable bonds is 37. The van der Waals surface area contributed by atoms with Gasteiger partial charge in [0.05, 0.1) is 18.8 Å². The number of hydrogen-bond acceptors (Lipinski definition) is 8. The first-order valence-corrected chi connectivity index (χ1v) is 22.6. The van der Waals surface area contributed by atoms with Gasteiger partial charge in [0.15, 0.2) is 6.10 Å². The van der Waals surface area contributed by atoms with Crippen molar-refractivity contribution in [3.05, 3.63) is 85.1 Å². The van der Waals surface area contributed by atoms with Gasteiger partial charge in [-0.05, 0) is 96.3 Å². The minimum atomic E-state index is -4.85. The summed E-state index contributed by atoms with van der Waals surface area (Å²) in [6.07, 6.45) is 44.7. The fraction of sp³-hybridized carbons (Fsp3) is 0.644. The molecule has 0 aromatic carbocycles. The summed E-state index contributed by atoms with van der Waals surface area (Å²) in [4.78, 5) is 42.9. The Morgan fingerprint density at radius 3 is 1.46 bits per heavy atom. The first-order chi connectivity index (χ1) is 27.1. The van der Waals surface area contributed by atoms with Gasteiger partial charge in [0.25, 0.3) is 0 Å². The number of ether oxygens (including phenoxy) is 2. The lowest BCUT2D eigenvalue weighted by Gasteiger charge is -2.19. The molecule has 0 radical (unpaired) electrons. The molecule has 0 fully saturated rings. The molecule has 0 spiro atoms. The quantitative estimate of drug-likeness (QED) is 0.0206. The predicted octanol–water partition coefficient (Wildman–Crippen LogP) is 10.8. The molecule has 0 aromatic rings. The largest absolute Gasteiger partial charge is 0.469 e. The van der Waals surface area contributed by atoms with Crippen molar-refractivity contribution < 1.29 is 48.2 Å². The van der Waals surface area contributed by atoms with Crippen LogP contribution in [0.2, 0.25) is 0 Å². The van der Waals surface area contributed by atoms with Crippen LogP contribution in [0.5, 0.6) is 0 Å². The fourth-order valence-corrected chi connectivity index (χ4v) is 5.64. The van der Waals surface area contributed by atoms with Gasteiger partial charge >= 0.3 is 19.8 Å². The molecule has 0 aliphatic heterocycles. The predicted molar refractivity (Wildman–Crippen MR) is 228 cm³/mol. The van der Waals surface area contributed by atoms with E-state index in [4.69, 9.17) is 19.3 Å². The molecule has 56 heavy (non-hydrogen) atoms. The highest BCUT2D eigenvalue weighted by Crippen LogP contribution is 2.36. The van der Waals surface area contributed by atoms with E-state index >= 15 is 0 Å². The molecule has 0 bridgehead atoms. The average molecular weight is 807 g/mol. The maximum Gasteiger partial charge on any atom is 0.469 e. The van der Waals surface area contributed by atoms with Gasteiger partial charge in [-0.25, -0.2) is 4.57 Å². The van der Waals surface area contributed by atoms with Gasteiger partial charge in [-0.1, -0.05) is 131 Å². The van der Waals surface area contributed by atoms with Gasteiger partial charge in [-0.3, -0.25) is 14.1 Å². The number of aliphatic hydroxyl groups excluding tert-OH is 2. The third kappa shape index (κ3) is 39.4. The SMILES string of the molecule is CCCCC/C=C\C/C=C\C/C=C\C/C=C\CCCCCC(=O)OC[C@H](COP(=O)(O)O)OC(=O)CCCC(O)C(O)C/C=C\C/C=C\C/C=C\CCCCC. The molecule has 0 saturated carbocycles. The highest BCUT2D eigenvalue weighted by atomic mass is 31.2. The second-order valence-corrected chi connectivity index (χ2v) is 15.2. The Kier molecular flexibility index (Phi) is 37.0. The molecule has 0 amide bonds. The number of carbonyl (C=O) groups excluding carboxylic acids is 2. The van der Waals surface area contributed by atoms with Crippen LogP contribution >= 0.6 is 7.82 Å². The van der Waals surface area contributed by atoms with Crippen LogP contribution < -0.4 is 0 Å². The van der Waals surface area contributed by atoms with Gasteiger partial charge in [0, 0.05) is 12.8 Å². The standard InChI is InChI=1S/C45H75O10P/c1-3-5-7-9-11-13-15-17-18-19-20-21-22-23-25-27-29-31-33-37-44(48)53-39-41(40-54-56(50,51)52)55-45(49)38-34-36-43(47)42(46)35-32-30-28-26-24-16-14-12-10-8-6-4-2/h11-14,17-18,20-21,23-26,30,32,41-43,46-47H,3-10,15-16,19,22,27-29,31,33-40H2,1-2H3,(H2,50,51,52)/b13-11-,14-12-,18-17-,21-20-,25-23-,26-24-,32-30-/t41-,42?,43?/m1/s1. The van der Waals surface area contributed by atoms with E-state index < -0.39 is 51.3 Å². The zero-order valence-corrected chi connectivity index (χ0v) is 35.4. The minimum Gasteiger partial charge on any atom is -0.462 e. The molecule has 0 heterocycles. The maximum absolute atomic E-state index is 12.4. The third-order valence-corrected chi connectivity index (χ3v) is 9.07. The summed E-state index contributed by atoms with van der Waals surface area (Å²) >= 11 is 0. The van der Waals surface area contributed by atoms with Crippen LogP contribution in [0.15, 0.2) is 85.1 Å². The van der Waals surface area contributed by atoms with Crippen LogP contribution in [0, 0.1) is 0 Å². The highest BCUT2D eigenvalue weighted by Gasteiger charge is 2.23. The topological polar surface area (TPSA) is 160 Å². The van der Waals surface area contributed by atoms with Crippen LogP contribution in [-0.2, 0) is 28.2 Å². The molecular weight excluding hydrogens is 731 g/mol. The molecule has 0 aromatic heterocycles. The molecule has 11 heteroatoms. The first kappa shape index (κ1) is 53.1. The lowest BCUT2D eigenvalue weighted by atomic mass is 10.0. The van der Waals surface area contributed by atoms with Gasteiger partial charge in [-0.15, -0.1) is 0 Å². The Bertz CT molecular complexity index is 1210. The van der Waals surface area contributed by atoms with Crippen LogP contribution in [0.4, 0.5) is 0 Å². The van der Waals surface area contributed by atoms with E-state index in [1.807, 2.05) is 12.2 Å². The van der Waals surface area contributed by atoms with Crippen LogP contribution in [0.1, 0.15) is 155 Å². The summed E-state index contributed by atoms with van der Waals surface area (Å²) in [5.41, 5.74) is 0. The Morgan fingerprint density at radius 2 is 0.982 bits per heavy atom. The second-order valence-electron chi connectivity index (χ2n) is 13.9. The number of hydrogen-bond donors (Lipinski definition) is 4. The average Bonchev–Trinajstić information content (AvgIpc) is 3.16. The van der Waals surface area contributed by atoms with Crippen molar-refractivity contribution in [3.8, 4) is 0 Å². The summed E-state index contributed by atoms with van der Waals surface area (Å²) in [6, 6.07) is 0. The molecule has 0 aliphatic rings. The zero-order valence-electron chi connectivity index (χ0n) is 34.5. The van der Waals surface area contributed by atoms with E-state index in [1.54, 1.807) is 0 Å². The Balaban J connectivity index is 4.25. The van der Waals surface area contributed by atoms with Crippen molar-refractivity contribution in [1.82, 2.24) is 0 Å². The van der Waals surface area contributed by atoms with Crippen molar-refractivity contribution in [3.63, 3.8) is 0 Å². The van der Waals surface area contributed by atoms with E-state index in [9.17, 15) is 24.4 Å². The zero-order chi connectivity index (χ0) is 41.4. The van der Waals surface area contributed by atoms with Crippen LogP contribution in [0.3, 0.4) is 0 Å². The lowest BCUT2D eigenvalue weighted by molar-refractivity contribution is -0.161. The molecule has 0 rings (SSSR count). The van der Waals surface area contributed by atoms with E-state index in [0.29, 0.717) is 6.42 Å². The summed E-state index contributed by atoms with van der Waals surface area (Å²) in [6.45, 7) is 3.34. The Labute approximate surface area is 338 Å². The van der Waals surface area contributed by atoms with Gasteiger partial charge < -0.3 is 29.5 Å². The second kappa shape index (κ2) is 39.0. The van der Waals surface area contributed by atoms with Crippen LogP contribution in [0.25, 0.3) is 0 Å². The summed E-state index contributed by atoms with van der Waals surface area (Å²) < 4.78 is 26.2. The van der Waals surface area contributed by atoms with Crippen molar-refractivity contribution >= 4 is 19.8 Å². The van der Waals surface area contributed by atoms with Crippen molar-refractivity contribution in [1.29, 1.82) is 0 Å². The summed E-state index contributed by atoms with van der Waals surface area (Å²) in [7, 11) is -4.85. The molecule has 0 aliphatic carbocycles. The van der Waals surface area contributed by atoms with Crippen LogP contribution in [-0.4, -0.2) is 63.5 Å². The number of phosphoric acid groups is 1. The van der Waals surface area contributed by atoms with Crippen molar-refractivity contribution in [2.24, 2.45) is 0 Å². The third-order valence-electron chi connectivity index (χ3n) is 8.59. The lowest BCUT2D eigenvalue weighted by Crippen LogP contribution is -2.30. The number of carbonyl (C=O) groups is 2. The summed E-state index contributed by atoms with van der Waals surface area (Å²) in [5, 5.41) is 20.6. The van der Waals surface area contributed by atoms with Gasteiger partial charge in [0.2, 0.25) is 0 Å². The van der Waals surface area contributed by atoms with E-state index in [0.717, 1.165) is 57.8 Å². The smallest absolute Gasteiger partial charge is 0.462 e. The molecule has 2 unspecified atom stereocenters. The molecular formula is C45H75O10P. The Hall–Kier alpha value is -2.85. The fourth-order valence-electron chi connectivity index (χ4n) is 5.28. The molecule has 10 nitrogen and oxygen atoms in total. The Morgan fingerprint density at radius 1 is 0.536 bits per heavy atom. The number of esters is 2. The summed E-state index contributed by atoms with van der Waals surface area (Å²) in [5.74, 6) is -1.21. The van der Waals surface area contributed by atoms with Gasteiger partial charge in [0.1, 0.15) is 6.61 Å². The van der Waals surface area contributed by atoms with E-state index in [-0.39, 0.29) is 32.1 Å². The maximum atomic E-state index is 12.4. The number of phosphoric ester groups is 1. The molecule has 320 valence electrons. The van der Waals surface area contributed by atoms with Gasteiger partial charge in [-0.2, -0.15) is 0 Å². The van der Waals surface area contributed by atoms with Crippen molar-refractivity contribution in [2.45, 2.75) is 173 Å². The monoisotopic (exact) mass is 807 g/mol. The molecule has 0 saturated heterocycles. The number of allylic oxidation sites excluding steroid dienone is 13. The molecule has 3 atom stereocenters. The molecule has 4 N–H and O–H groups in total. The van der Waals surface area contributed by atoms with E-state index in [2.05, 4.69) is 91.3 Å². The van der Waals surface area contributed by atoms with E-state index in [1.165, 1.54) is 44.9 Å². The first-order valence-electron chi connectivity index (χ1n) is 21.0. The minimum absolute atomic E-state index is 0.114. The highest BCUT2D eigenvalue weighted by molar-refractivity contribution is 7.46. The normalized spacial score (nSPS) is 14.5. The number of unbranched alkanes of at least 4 members (excludes halogenated alkanes) is 9. The van der Waals surface area contributed by atoms with Crippen molar-refractivity contribution in [2.75, 3.05) is 13.2 Å². The number of aliphatic hydroxyl groups is 2.